The summed E-state index contributed by atoms with van der Waals surface area (Å²) in [4.78, 5) is 0. The quantitative estimate of drug-likeness (QED) is 0.597. The molecule has 1 aliphatic heterocycles. The maximum atomic E-state index is 10.3. The first-order chi connectivity index (χ1) is 10.3. The average Bonchev–Trinajstić information content (AvgIpc) is 2.57. The Balaban J connectivity index is 2.68. The summed E-state index contributed by atoms with van der Waals surface area (Å²) in [5, 5.41) is 30.0. The summed E-state index contributed by atoms with van der Waals surface area (Å²) in [5.41, 5.74) is 0.0821. The van der Waals surface area contributed by atoms with Gasteiger partial charge in [0, 0.05) is 0 Å². The highest BCUT2D eigenvalue weighted by Crippen LogP contribution is 2.37. The first kappa shape index (κ1) is 19.5. The summed E-state index contributed by atoms with van der Waals surface area (Å²) < 4.78 is 5.80. The van der Waals surface area contributed by atoms with Crippen LogP contribution in [0, 0.1) is 5.41 Å². The number of hydrogen-bond donors (Lipinski definition) is 3. The lowest BCUT2D eigenvalue weighted by Gasteiger charge is -2.35. The molecule has 0 aliphatic carbocycles. The Kier molecular flexibility index (Phi) is 7.87. The molecular formula is C18H34O4. The average molecular weight is 314 g/mol. The van der Waals surface area contributed by atoms with Crippen molar-refractivity contribution in [3.63, 3.8) is 0 Å². The predicted octanol–water partition coefficient (Wildman–Crippen LogP) is 3.71. The van der Waals surface area contributed by atoms with Gasteiger partial charge in [0.25, 0.3) is 0 Å². The highest BCUT2D eigenvalue weighted by Gasteiger charge is 2.37. The molecule has 0 amide bonds. The first-order valence-electron chi connectivity index (χ1n) is 8.75. The van der Waals surface area contributed by atoms with E-state index in [1.165, 1.54) is 31.8 Å². The molecule has 0 radical (unpaired) electrons. The maximum absolute atomic E-state index is 10.3. The number of aliphatic hydroxyl groups is 3. The molecule has 4 nitrogen and oxygen atoms in total. The molecule has 22 heavy (non-hydrogen) atoms. The Labute approximate surface area is 135 Å². The molecule has 5 atom stereocenters. The van der Waals surface area contributed by atoms with Crippen LogP contribution in [0.5, 0.6) is 0 Å². The zero-order chi connectivity index (χ0) is 16.8. The fourth-order valence-electron chi connectivity index (χ4n) is 3.10. The highest BCUT2D eigenvalue weighted by molar-refractivity contribution is 5.07. The molecule has 0 aromatic heterocycles. The van der Waals surface area contributed by atoms with E-state index in [0.29, 0.717) is 6.42 Å². The molecule has 1 heterocycles. The van der Waals surface area contributed by atoms with E-state index in [1.54, 1.807) is 6.92 Å². The van der Waals surface area contributed by atoms with E-state index < -0.39 is 24.4 Å². The smallest absolute Gasteiger partial charge is 0.119 e. The number of rotatable bonds is 8. The van der Waals surface area contributed by atoms with Gasteiger partial charge in [0.2, 0.25) is 0 Å². The van der Waals surface area contributed by atoms with Crippen molar-refractivity contribution >= 4 is 0 Å². The topological polar surface area (TPSA) is 69.9 Å². The lowest BCUT2D eigenvalue weighted by molar-refractivity contribution is -0.106. The molecule has 0 saturated carbocycles. The normalized spacial score (nSPS) is 32.2. The van der Waals surface area contributed by atoms with E-state index in [-0.39, 0.29) is 11.2 Å². The van der Waals surface area contributed by atoms with E-state index in [4.69, 9.17) is 4.74 Å². The van der Waals surface area contributed by atoms with Gasteiger partial charge in [-0.1, -0.05) is 52.9 Å². The van der Waals surface area contributed by atoms with E-state index >= 15 is 0 Å². The summed E-state index contributed by atoms with van der Waals surface area (Å²) in [5.74, 6) is -0.00445. The third-order valence-electron chi connectivity index (χ3n) is 5.05. The van der Waals surface area contributed by atoms with Gasteiger partial charge in [-0.05, 0) is 31.3 Å². The van der Waals surface area contributed by atoms with E-state index in [0.717, 1.165) is 12.8 Å². The molecule has 1 rings (SSSR count). The molecule has 0 aromatic carbocycles. The van der Waals surface area contributed by atoms with E-state index in [2.05, 4.69) is 20.8 Å². The van der Waals surface area contributed by atoms with Crippen LogP contribution in [0.3, 0.4) is 0 Å². The summed E-state index contributed by atoms with van der Waals surface area (Å²) in [6, 6.07) is 0. The monoisotopic (exact) mass is 314 g/mol. The van der Waals surface area contributed by atoms with Crippen LogP contribution in [-0.2, 0) is 4.74 Å². The zero-order valence-corrected chi connectivity index (χ0v) is 14.6. The molecule has 4 heteroatoms. The van der Waals surface area contributed by atoms with Crippen LogP contribution in [0.15, 0.2) is 11.8 Å². The Morgan fingerprint density at radius 1 is 1.18 bits per heavy atom. The fraction of sp³-hybridized carbons (Fsp3) is 0.889. The van der Waals surface area contributed by atoms with Crippen LogP contribution in [0.4, 0.5) is 0 Å². The SMILES string of the molecule is CCCCCCC(C)(CC)C[C@H]1OC(C)C(O)=C[C@@H](O)[C@@H]1O. The zero-order valence-electron chi connectivity index (χ0n) is 14.6. The van der Waals surface area contributed by atoms with E-state index in [9.17, 15) is 15.3 Å². The van der Waals surface area contributed by atoms with Crippen LogP contribution >= 0.6 is 0 Å². The third-order valence-corrected chi connectivity index (χ3v) is 5.05. The summed E-state index contributed by atoms with van der Waals surface area (Å²) in [7, 11) is 0. The van der Waals surface area contributed by atoms with Gasteiger partial charge >= 0.3 is 0 Å². The highest BCUT2D eigenvalue weighted by atomic mass is 16.5. The van der Waals surface area contributed by atoms with Crippen molar-refractivity contribution in [3.8, 4) is 0 Å². The maximum Gasteiger partial charge on any atom is 0.119 e. The standard InChI is InChI=1S/C18H34O4/c1-5-7-8-9-10-18(4,6-2)12-16-17(21)15(20)11-14(19)13(3)22-16/h11,13,15-17,19-21H,5-10,12H2,1-4H3/t13?,15-,16-,17+,18?/m1/s1. The second-order valence-corrected chi connectivity index (χ2v) is 7.07. The van der Waals surface area contributed by atoms with Gasteiger partial charge in [0.05, 0.1) is 6.10 Å². The minimum absolute atomic E-state index is 0.00445. The van der Waals surface area contributed by atoms with Gasteiger partial charge in [-0.2, -0.15) is 0 Å². The van der Waals surface area contributed by atoms with Gasteiger partial charge < -0.3 is 20.1 Å². The number of unbranched alkanes of at least 4 members (excludes halogenated alkanes) is 3. The van der Waals surface area contributed by atoms with E-state index in [1.807, 2.05) is 0 Å². The molecule has 130 valence electrons. The van der Waals surface area contributed by atoms with Crippen LogP contribution < -0.4 is 0 Å². The largest absolute Gasteiger partial charge is 0.510 e. The number of hydrogen-bond acceptors (Lipinski definition) is 4. The molecule has 2 unspecified atom stereocenters. The van der Waals surface area contributed by atoms with Crippen molar-refractivity contribution in [2.45, 2.75) is 97.1 Å². The molecule has 0 saturated heterocycles. The minimum atomic E-state index is -1.07. The van der Waals surface area contributed by atoms with Crippen molar-refractivity contribution in [1.29, 1.82) is 0 Å². The summed E-state index contributed by atoms with van der Waals surface area (Å²) in [6.45, 7) is 8.34. The lowest BCUT2D eigenvalue weighted by atomic mass is 9.76. The van der Waals surface area contributed by atoms with Crippen molar-refractivity contribution in [1.82, 2.24) is 0 Å². The van der Waals surface area contributed by atoms with Gasteiger partial charge in [-0.15, -0.1) is 0 Å². The Morgan fingerprint density at radius 3 is 2.45 bits per heavy atom. The molecule has 0 aromatic rings. The van der Waals surface area contributed by atoms with Gasteiger partial charge in [-0.25, -0.2) is 0 Å². The van der Waals surface area contributed by atoms with Gasteiger partial charge in [0.15, 0.2) is 0 Å². The first-order valence-corrected chi connectivity index (χ1v) is 8.75. The van der Waals surface area contributed by atoms with Crippen molar-refractivity contribution in [3.05, 3.63) is 11.8 Å². The second-order valence-electron chi connectivity index (χ2n) is 7.07. The molecule has 0 bridgehead atoms. The van der Waals surface area contributed by atoms with Crippen molar-refractivity contribution in [2.24, 2.45) is 5.41 Å². The Morgan fingerprint density at radius 2 is 1.86 bits per heavy atom. The third kappa shape index (κ3) is 5.56. The molecule has 0 fully saturated rings. The molecule has 3 N–H and O–H groups in total. The lowest BCUT2D eigenvalue weighted by Crippen LogP contribution is -2.41. The summed E-state index contributed by atoms with van der Waals surface area (Å²) in [6.07, 6.45) is 5.99. The minimum Gasteiger partial charge on any atom is -0.510 e. The molecule has 0 spiro atoms. The predicted molar refractivity (Wildman–Crippen MR) is 88.8 cm³/mol. The molecule has 1 aliphatic rings. The van der Waals surface area contributed by atoms with Gasteiger partial charge in [-0.3, -0.25) is 0 Å². The second kappa shape index (κ2) is 8.90. The number of ether oxygens (including phenoxy) is 1. The van der Waals surface area contributed by atoms with Crippen LogP contribution in [0.2, 0.25) is 0 Å². The van der Waals surface area contributed by atoms with Crippen LogP contribution in [-0.4, -0.2) is 39.7 Å². The Bertz CT molecular complexity index is 355. The molecular weight excluding hydrogens is 280 g/mol. The fourth-order valence-corrected chi connectivity index (χ4v) is 3.10. The Hall–Kier alpha value is -0.580. The van der Waals surface area contributed by atoms with Crippen LogP contribution in [0.1, 0.15) is 72.6 Å². The van der Waals surface area contributed by atoms with Crippen molar-refractivity contribution in [2.75, 3.05) is 0 Å². The van der Waals surface area contributed by atoms with Crippen LogP contribution in [0.25, 0.3) is 0 Å². The summed E-state index contributed by atoms with van der Waals surface area (Å²) >= 11 is 0. The van der Waals surface area contributed by atoms with Crippen molar-refractivity contribution < 1.29 is 20.1 Å². The number of aliphatic hydroxyl groups excluding tert-OH is 3. The van der Waals surface area contributed by atoms with Gasteiger partial charge in [0.1, 0.15) is 24.1 Å².